The first kappa shape index (κ1) is 14.5. The Hall–Kier alpha value is -0.880. The number of aromatic amines is 1. The van der Waals surface area contributed by atoms with Crippen LogP contribution in [0.15, 0.2) is 30.6 Å². The smallest absolute Gasteiger partial charge is 0.107 e. The number of imidazole rings is 1. The molecule has 1 atom stereocenters. The van der Waals surface area contributed by atoms with Gasteiger partial charge >= 0.3 is 0 Å². The van der Waals surface area contributed by atoms with Crippen molar-refractivity contribution < 1.29 is 0 Å². The van der Waals surface area contributed by atoms with Crippen molar-refractivity contribution in [1.29, 1.82) is 0 Å². The fraction of sp³-hybridized carbons (Fsp3) is 0.400. The van der Waals surface area contributed by atoms with E-state index in [-0.39, 0.29) is 0 Å². The van der Waals surface area contributed by atoms with Crippen molar-refractivity contribution in [3.63, 3.8) is 0 Å². The largest absolute Gasteiger partial charge is 0.349 e. The van der Waals surface area contributed by atoms with Gasteiger partial charge in [-0.1, -0.05) is 25.1 Å². The van der Waals surface area contributed by atoms with Gasteiger partial charge in [0, 0.05) is 28.4 Å². The van der Waals surface area contributed by atoms with Crippen molar-refractivity contribution in [2.75, 3.05) is 6.54 Å². The SMILES string of the molecule is CCCNC(Cc1ncc[nH]1)c1cccc(C)c1I. The van der Waals surface area contributed by atoms with Crippen LogP contribution in [0.3, 0.4) is 0 Å². The van der Waals surface area contributed by atoms with Crippen LogP contribution in [0, 0.1) is 10.5 Å². The highest BCUT2D eigenvalue weighted by molar-refractivity contribution is 14.1. The summed E-state index contributed by atoms with van der Waals surface area (Å²) in [6.07, 6.45) is 5.73. The fourth-order valence-corrected chi connectivity index (χ4v) is 2.89. The summed E-state index contributed by atoms with van der Waals surface area (Å²) in [7, 11) is 0. The third-order valence-electron chi connectivity index (χ3n) is 3.19. The lowest BCUT2D eigenvalue weighted by atomic mass is 10.0. The molecule has 2 aromatic rings. The lowest BCUT2D eigenvalue weighted by Crippen LogP contribution is -2.25. The van der Waals surface area contributed by atoms with E-state index in [2.05, 4.69) is 69.9 Å². The van der Waals surface area contributed by atoms with Crippen molar-refractivity contribution in [1.82, 2.24) is 15.3 Å². The summed E-state index contributed by atoms with van der Waals surface area (Å²) in [5, 5.41) is 3.63. The maximum Gasteiger partial charge on any atom is 0.107 e. The Morgan fingerprint density at radius 2 is 2.26 bits per heavy atom. The van der Waals surface area contributed by atoms with E-state index in [9.17, 15) is 0 Å². The molecule has 0 aliphatic heterocycles. The molecule has 0 saturated heterocycles. The minimum absolute atomic E-state index is 0.318. The maximum absolute atomic E-state index is 4.34. The molecule has 2 N–H and O–H groups in total. The second kappa shape index (κ2) is 7.05. The number of hydrogen-bond acceptors (Lipinski definition) is 2. The van der Waals surface area contributed by atoms with Gasteiger partial charge in [0.25, 0.3) is 0 Å². The topological polar surface area (TPSA) is 40.7 Å². The van der Waals surface area contributed by atoms with Gasteiger partial charge in [0.1, 0.15) is 5.82 Å². The van der Waals surface area contributed by atoms with Crippen LogP contribution in [0.25, 0.3) is 0 Å². The number of aryl methyl sites for hydroxylation is 1. The van der Waals surface area contributed by atoms with E-state index in [1.807, 2.05) is 12.4 Å². The maximum atomic E-state index is 4.34. The normalized spacial score (nSPS) is 12.6. The number of H-pyrrole nitrogens is 1. The molecule has 0 saturated carbocycles. The molecule has 0 radical (unpaired) electrons. The molecular weight excluding hydrogens is 349 g/mol. The van der Waals surface area contributed by atoms with Gasteiger partial charge in [-0.25, -0.2) is 4.98 Å². The highest BCUT2D eigenvalue weighted by Gasteiger charge is 2.16. The third kappa shape index (κ3) is 3.79. The van der Waals surface area contributed by atoms with Crippen LogP contribution in [-0.4, -0.2) is 16.5 Å². The Morgan fingerprint density at radius 3 is 2.95 bits per heavy atom. The molecule has 1 aromatic carbocycles. The van der Waals surface area contributed by atoms with E-state index in [0.29, 0.717) is 6.04 Å². The average molecular weight is 369 g/mol. The first-order chi connectivity index (χ1) is 9.22. The summed E-state index contributed by atoms with van der Waals surface area (Å²) in [5.74, 6) is 1.03. The van der Waals surface area contributed by atoms with Gasteiger partial charge in [0.05, 0.1) is 0 Å². The minimum atomic E-state index is 0.318. The van der Waals surface area contributed by atoms with Crippen LogP contribution in [0.5, 0.6) is 0 Å². The molecule has 19 heavy (non-hydrogen) atoms. The monoisotopic (exact) mass is 369 g/mol. The summed E-state index contributed by atoms with van der Waals surface area (Å²) in [4.78, 5) is 7.54. The van der Waals surface area contributed by atoms with Crippen molar-refractivity contribution in [2.24, 2.45) is 0 Å². The van der Waals surface area contributed by atoms with Crippen LogP contribution in [0.4, 0.5) is 0 Å². The van der Waals surface area contributed by atoms with Crippen LogP contribution in [-0.2, 0) is 6.42 Å². The van der Waals surface area contributed by atoms with Gasteiger partial charge in [-0.3, -0.25) is 0 Å². The van der Waals surface area contributed by atoms with Crippen molar-refractivity contribution in [3.05, 3.63) is 51.1 Å². The van der Waals surface area contributed by atoms with E-state index in [1.165, 1.54) is 14.7 Å². The minimum Gasteiger partial charge on any atom is -0.349 e. The standard InChI is InChI=1S/C15H20IN3/c1-3-7-17-13(10-14-18-8-9-19-14)12-6-4-5-11(2)15(12)16/h4-6,8-9,13,17H,3,7,10H2,1-2H3,(H,18,19). The molecule has 102 valence electrons. The Labute approximate surface area is 128 Å². The van der Waals surface area contributed by atoms with Gasteiger partial charge in [0.2, 0.25) is 0 Å². The number of aromatic nitrogens is 2. The zero-order valence-electron chi connectivity index (χ0n) is 11.4. The van der Waals surface area contributed by atoms with Crippen LogP contribution < -0.4 is 5.32 Å². The van der Waals surface area contributed by atoms with Crippen LogP contribution >= 0.6 is 22.6 Å². The number of benzene rings is 1. The molecule has 1 aromatic heterocycles. The molecule has 0 aliphatic rings. The molecule has 1 unspecified atom stereocenters. The summed E-state index contributed by atoms with van der Waals surface area (Å²) in [6, 6.07) is 6.83. The third-order valence-corrected chi connectivity index (χ3v) is 4.66. The molecule has 1 heterocycles. The lowest BCUT2D eigenvalue weighted by Gasteiger charge is -2.20. The number of rotatable bonds is 6. The second-order valence-electron chi connectivity index (χ2n) is 4.72. The molecule has 0 aliphatic carbocycles. The number of nitrogens with one attached hydrogen (secondary N) is 2. The van der Waals surface area contributed by atoms with Crippen LogP contribution in [0.1, 0.15) is 36.3 Å². The van der Waals surface area contributed by atoms with E-state index < -0.39 is 0 Å². The molecule has 3 nitrogen and oxygen atoms in total. The lowest BCUT2D eigenvalue weighted by molar-refractivity contribution is 0.518. The van der Waals surface area contributed by atoms with Gasteiger partial charge in [-0.15, -0.1) is 0 Å². The molecule has 0 spiro atoms. The number of halogens is 1. The van der Waals surface area contributed by atoms with Gasteiger partial charge in [0.15, 0.2) is 0 Å². The van der Waals surface area contributed by atoms with Gasteiger partial charge in [-0.2, -0.15) is 0 Å². The molecule has 0 bridgehead atoms. The number of nitrogens with zero attached hydrogens (tertiary/aromatic N) is 1. The van der Waals surface area contributed by atoms with E-state index in [0.717, 1.165) is 25.2 Å². The first-order valence-electron chi connectivity index (χ1n) is 6.69. The quantitative estimate of drug-likeness (QED) is 0.764. The van der Waals surface area contributed by atoms with E-state index in [4.69, 9.17) is 0 Å². The fourth-order valence-electron chi connectivity index (χ4n) is 2.15. The zero-order chi connectivity index (χ0) is 13.7. The predicted octanol–water partition coefficient (Wildman–Crippen LogP) is 3.61. The summed E-state index contributed by atoms with van der Waals surface area (Å²) in [5.41, 5.74) is 2.70. The number of hydrogen-bond donors (Lipinski definition) is 2. The Morgan fingerprint density at radius 1 is 1.42 bits per heavy atom. The zero-order valence-corrected chi connectivity index (χ0v) is 13.6. The van der Waals surface area contributed by atoms with E-state index >= 15 is 0 Å². The van der Waals surface area contributed by atoms with Crippen LogP contribution in [0.2, 0.25) is 0 Å². The predicted molar refractivity (Wildman–Crippen MR) is 87.2 cm³/mol. The summed E-state index contributed by atoms with van der Waals surface area (Å²) < 4.78 is 1.35. The van der Waals surface area contributed by atoms with Gasteiger partial charge in [-0.05, 0) is 53.6 Å². The van der Waals surface area contributed by atoms with Crippen molar-refractivity contribution in [2.45, 2.75) is 32.7 Å². The van der Waals surface area contributed by atoms with Crippen molar-refractivity contribution >= 4 is 22.6 Å². The molecule has 0 fully saturated rings. The Kier molecular flexibility index (Phi) is 5.39. The average Bonchev–Trinajstić information content (AvgIpc) is 2.91. The molecule has 2 rings (SSSR count). The van der Waals surface area contributed by atoms with Gasteiger partial charge < -0.3 is 10.3 Å². The summed E-state index contributed by atoms with van der Waals surface area (Å²) in [6.45, 7) is 5.38. The van der Waals surface area contributed by atoms with Crippen molar-refractivity contribution in [3.8, 4) is 0 Å². The van der Waals surface area contributed by atoms with E-state index in [1.54, 1.807) is 0 Å². The molecular formula is C15H20IN3. The first-order valence-corrected chi connectivity index (χ1v) is 7.77. The highest BCUT2D eigenvalue weighted by Crippen LogP contribution is 2.25. The second-order valence-corrected chi connectivity index (χ2v) is 5.80. The summed E-state index contributed by atoms with van der Waals surface area (Å²) >= 11 is 2.44. The molecule has 0 amide bonds. The molecule has 4 heteroatoms. The Balaban J connectivity index is 2.23. The highest BCUT2D eigenvalue weighted by atomic mass is 127. The Bertz CT molecular complexity index is 508.